The van der Waals surface area contributed by atoms with Gasteiger partial charge in [0.05, 0.1) is 0 Å². The number of aryl methyl sites for hydroxylation is 1. The maximum atomic E-state index is 14.1. The minimum Gasteiger partial charge on any atom is -0.435 e. The molecular formula is C27H21F4N5O. The van der Waals surface area contributed by atoms with Crippen molar-refractivity contribution in [1.82, 2.24) is 25.1 Å². The lowest BCUT2D eigenvalue weighted by Gasteiger charge is -2.10. The largest absolute Gasteiger partial charge is 0.435 e. The summed E-state index contributed by atoms with van der Waals surface area (Å²) in [6.45, 7) is 0.330. The zero-order chi connectivity index (χ0) is 25.7. The van der Waals surface area contributed by atoms with Gasteiger partial charge in [-0.15, -0.1) is 10.2 Å². The fraction of sp³-hybridized carbons (Fsp3) is 0.222. The smallest absolute Gasteiger partial charge is 0.420 e. The fourth-order valence-corrected chi connectivity index (χ4v) is 4.38. The van der Waals surface area contributed by atoms with Crippen molar-refractivity contribution in [3.8, 4) is 34.0 Å². The molecule has 0 aliphatic heterocycles. The number of oxazole rings is 1. The van der Waals surface area contributed by atoms with E-state index in [9.17, 15) is 17.6 Å². The third-order valence-corrected chi connectivity index (χ3v) is 6.38. The summed E-state index contributed by atoms with van der Waals surface area (Å²) in [6.07, 6.45) is -1.01. The molecule has 37 heavy (non-hydrogen) atoms. The first-order valence-electron chi connectivity index (χ1n) is 11.7. The number of hydrogen-bond donors (Lipinski definition) is 1. The van der Waals surface area contributed by atoms with Crippen molar-refractivity contribution in [2.75, 3.05) is 0 Å². The second-order valence-corrected chi connectivity index (χ2v) is 9.20. The van der Waals surface area contributed by atoms with Crippen LogP contribution in [0.5, 0.6) is 0 Å². The normalized spacial score (nSPS) is 14.0. The Morgan fingerprint density at radius 2 is 1.84 bits per heavy atom. The van der Waals surface area contributed by atoms with Crippen LogP contribution in [0, 0.1) is 5.82 Å². The van der Waals surface area contributed by atoms with Crippen molar-refractivity contribution >= 4 is 11.1 Å². The summed E-state index contributed by atoms with van der Waals surface area (Å²) in [5.41, 5.74) is 1.89. The molecular weight excluding hydrogens is 486 g/mol. The molecule has 188 valence electrons. The zero-order valence-electron chi connectivity index (χ0n) is 19.7. The molecule has 1 fully saturated rings. The highest BCUT2D eigenvalue weighted by Gasteiger charge is 2.35. The van der Waals surface area contributed by atoms with Crippen molar-refractivity contribution in [2.24, 2.45) is 7.05 Å². The Morgan fingerprint density at radius 3 is 2.57 bits per heavy atom. The predicted molar refractivity (Wildman–Crippen MR) is 130 cm³/mol. The maximum absolute atomic E-state index is 14.1. The van der Waals surface area contributed by atoms with Crippen LogP contribution in [0.3, 0.4) is 0 Å². The minimum absolute atomic E-state index is 0.0666. The SMILES string of the molecule is Cn1cnnc1-c1cc(F)ccc1-c1cccc(-c2nc3cc(CNC4CC4)cc(C(F)(F)F)c3o2)c1. The second kappa shape index (κ2) is 8.81. The molecule has 2 heterocycles. The Kier molecular flexibility index (Phi) is 5.56. The fourth-order valence-electron chi connectivity index (χ4n) is 4.38. The van der Waals surface area contributed by atoms with Crippen LogP contribution in [0.25, 0.3) is 45.1 Å². The molecule has 2 aromatic heterocycles. The van der Waals surface area contributed by atoms with Crippen LogP contribution in [0.1, 0.15) is 24.0 Å². The number of benzene rings is 3. The zero-order valence-corrected chi connectivity index (χ0v) is 19.7. The van der Waals surface area contributed by atoms with E-state index in [1.807, 2.05) is 6.07 Å². The Balaban J connectivity index is 1.43. The van der Waals surface area contributed by atoms with Gasteiger partial charge in [-0.25, -0.2) is 9.37 Å². The number of nitrogens with zero attached hydrogens (tertiary/aromatic N) is 4. The number of fused-ring (bicyclic) bond motifs is 1. The van der Waals surface area contributed by atoms with Crippen molar-refractivity contribution in [2.45, 2.75) is 31.6 Å². The van der Waals surface area contributed by atoms with Gasteiger partial charge in [0.15, 0.2) is 11.4 Å². The van der Waals surface area contributed by atoms with Gasteiger partial charge in [0, 0.05) is 30.8 Å². The van der Waals surface area contributed by atoms with Crippen molar-refractivity contribution < 1.29 is 22.0 Å². The number of aromatic nitrogens is 4. The van der Waals surface area contributed by atoms with E-state index in [1.165, 1.54) is 18.5 Å². The van der Waals surface area contributed by atoms with Crippen LogP contribution in [0.15, 0.2) is 65.3 Å². The molecule has 0 spiro atoms. The van der Waals surface area contributed by atoms with E-state index < -0.39 is 17.6 Å². The van der Waals surface area contributed by atoms with Gasteiger partial charge in [-0.05, 0) is 65.9 Å². The van der Waals surface area contributed by atoms with E-state index >= 15 is 0 Å². The summed E-state index contributed by atoms with van der Waals surface area (Å²) in [5, 5.41) is 11.2. The molecule has 3 aromatic carbocycles. The lowest BCUT2D eigenvalue weighted by Crippen LogP contribution is -2.16. The third-order valence-electron chi connectivity index (χ3n) is 6.38. The predicted octanol–water partition coefficient (Wildman–Crippen LogP) is 6.37. The summed E-state index contributed by atoms with van der Waals surface area (Å²) < 4.78 is 63.2. The standard InChI is InChI=1S/C27H21F4N5O/c1-36-14-33-35-25(36)21-12-18(28)5-8-20(21)16-3-2-4-17(11-16)26-34-23-10-15(13-32-19-6-7-19)9-22(24(23)37-26)27(29,30)31/h2-5,8-12,14,19,32H,6-7,13H2,1H3. The summed E-state index contributed by atoms with van der Waals surface area (Å²) in [4.78, 5) is 4.41. The minimum atomic E-state index is -4.59. The summed E-state index contributed by atoms with van der Waals surface area (Å²) in [5.74, 6) is 0.115. The monoisotopic (exact) mass is 507 g/mol. The summed E-state index contributed by atoms with van der Waals surface area (Å²) >= 11 is 0. The van der Waals surface area contributed by atoms with Gasteiger partial charge in [0.25, 0.3) is 0 Å². The van der Waals surface area contributed by atoms with E-state index in [1.54, 1.807) is 41.9 Å². The summed E-state index contributed by atoms with van der Waals surface area (Å²) in [6, 6.07) is 14.5. The average molecular weight is 507 g/mol. The third kappa shape index (κ3) is 4.60. The molecule has 5 aromatic rings. The number of rotatable bonds is 6. The van der Waals surface area contributed by atoms with Crippen molar-refractivity contribution in [1.29, 1.82) is 0 Å². The van der Waals surface area contributed by atoms with Crippen LogP contribution in [-0.2, 0) is 19.8 Å². The highest BCUT2D eigenvalue weighted by molar-refractivity contribution is 5.84. The Labute approximate surface area is 209 Å². The first kappa shape index (κ1) is 23.4. The van der Waals surface area contributed by atoms with E-state index in [0.717, 1.165) is 18.9 Å². The van der Waals surface area contributed by atoms with Crippen LogP contribution in [0.2, 0.25) is 0 Å². The Bertz CT molecular complexity index is 1620. The Morgan fingerprint density at radius 1 is 1.03 bits per heavy atom. The molecule has 0 radical (unpaired) electrons. The molecule has 0 atom stereocenters. The van der Waals surface area contributed by atoms with Gasteiger partial charge in [0.1, 0.15) is 23.2 Å². The van der Waals surface area contributed by atoms with E-state index in [4.69, 9.17) is 4.42 Å². The maximum Gasteiger partial charge on any atom is 0.420 e. The highest BCUT2D eigenvalue weighted by atomic mass is 19.4. The average Bonchev–Trinajstić information content (AvgIpc) is 3.44. The van der Waals surface area contributed by atoms with Crippen LogP contribution < -0.4 is 5.32 Å². The first-order valence-corrected chi connectivity index (χ1v) is 11.7. The van der Waals surface area contributed by atoms with Crippen LogP contribution >= 0.6 is 0 Å². The van der Waals surface area contributed by atoms with Gasteiger partial charge in [-0.3, -0.25) is 0 Å². The van der Waals surface area contributed by atoms with Gasteiger partial charge in [0.2, 0.25) is 5.89 Å². The number of nitrogens with one attached hydrogen (secondary N) is 1. The van der Waals surface area contributed by atoms with Crippen LogP contribution in [0.4, 0.5) is 17.6 Å². The molecule has 0 amide bonds. The van der Waals surface area contributed by atoms with Gasteiger partial charge in [-0.2, -0.15) is 13.2 Å². The quantitative estimate of drug-likeness (QED) is 0.271. The van der Waals surface area contributed by atoms with E-state index in [-0.39, 0.29) is 17.0 Å². The summed E-state index contributed by atoms with van der Waals surface area (Å²) in [7, 11) is 1.76. The highest BCUT2D eigenvalue weighted by Crippen LogP contribution is 2.39. The molecule has 10 heteroatoms. The Hall–Kier alpha value is -4.05. The molecule has 0 bridgehead atoms. The topological polar surface area (TPSA) is 68.8 Å². The number of halogens is 4. The molecule has 1 aliphatic carbocycles. The van der Waals surface area contributed by atoms with Crippen molar-refractivity contribution in [3.63, 3.8) is 0 Å². The van der Waals surface area contributed by atoms with Crippen LogP contribution in [-0.4, -0.2) is 25.8 Å². The molecule has 6 rings (SSSR count). The molecule has 6 nitrogen and oxygen atoms in total. The number of alkyl halides is 3. The molecule has 0 saturated heterocycles. The molecule has 1 aliphatic rings. The lowest BCUT2D eigenvalue weighted by atomic mass is 9.97. The van der Waals surface area contributed by atoms with Crippen molar-refractivity contribution in [3.05, 3.63) is 77.9 Å². The van der Waals surface area contributed by atoms with Gasteiger partial charge < -0.3 is 14.3 Å². The second-order valence-electron chi connectivity index (χ2n) is 9.20. The molecule has 0 unspecified atom stereocenters. The number of hydrogen-bond acceptors (Lipinski definition) is 5. The van der Waals surface area contributed by atoms with Gasteiger partial charge >= 0.3 is 6.18 Å². The van der Waals surface area contributed by atoms with E-state index in [0.29, 0.717) is 46.2 Å². The molecule has 1 saturated carbocycles. The lowest BCUT2D eigenvalue weighted by molar-refractivity contribution is -0.136. The van der Waals surface area contributed by atoms with E-state index in [2.05, 4.69) is 20.5 Å². The first-order chi connectivity index (χ1) is 17.8. The molecule has 1 N–H and O–H groups in total. The van der Waals surface area contributed by atoms with Gasteiger partial charge in [-0.1, -0.05) is 18.2 Å².